The maximum absolute atomic E-state index is 13.0. The number of benzene rings is 2. The Kier molecular flexibility index (Phi) is 4.54. The van der Waals surface area contributed by atoms with Gasteiger partial charge in [-0.3, -0.25) is 9.36 Å². The zero-order valence-corrected chi connectivity index (χ0v) is 15.0. The molecule has 0 aliphatic carbocycles. The smallest absolute Gasteiger partial charge is 0.259 e. The van der Waals surface area contributed by atoms with Crippen LogP contribution in [0, 0.1) is 11.3 Å². The minimum atomic E-state index is -1.14. The molecule has 0 saturated carbocycles. The van der Waals surface area contributed by atoms with E-state index in [9.17, 15) is 15.2 Å². The molecule has 132 valence electrons. The van der Waals surface area contributed by atoms with Crippen LogP contribution in [0.4, 0.5) is 0 Å². The van der Waals surface area contributed by atoms with E-state index in [1.807, 2.05) is 30.3 Å². The summed E-state index contributed by atoms with van der Waals surface area (Å²) in [5.41, 5.74) is 0.270. The van der Waals surface area contributed by atoms with E-state index in [1.54, 1.807) is 39.2 Å². The Morgan fingerprint density at radius 3 is 2.42 bits per heavy atom. The zero-order chi connectivity index (χ0) is 18.9. The third kappa shape index (κ3) is 3.19. The van der Waals surface area contributed by atoms with E-state index in [-0.39, 0.29) is 17.8 Å². The number of pyridine rings is 1. The van der Waals surface area contributed by atoms with Crippen LogP contribution in [-0.4, -0.2) is 22.4 Å². The summed E-state index contributed by atoms with van der Waals surface area (Å²) in [5, 5.41) is 21.2. The van der Waals surface area contributed by atoms with Gasteiger partial charge in [0.05, 0.1) is 19.3 Å². The van der Waals surface area contributed by atoms with Crippen LogP contribution >= 0.6 is 0 Å². The predicted octanol–water partition coefficient (Wildman–Crippen LogP) is 3.32. The molecule has 0 unspecified atom stereocenters. The maximum atomic E-state index is 13.0. The largest absolute Gasteiger partial charge is 0.497 e. The Labute approximate surface area is 151 Å². The number of nitriles is 1. The molecule has 3 aromatic rings. The van der Waals surface area contributed by atoms with Gasteiger partial charge in [-0.15, -0.1) is 0 Å². The highest BCUT2D eigenvalue weighted by Crippen LogP contribution is 2.32. The average Bonchev–Trinajstić information content (AvgIpc) is 2.63. The first-order valence-electron chi connectivity index (χ1n) is 8.28. The number of aromatic nitrogens is 1. The van der Waals surface area contributed by atoms with Crippen LogP contribution < -0.4 is 10.3 Å². The van der Waals surface area contributed by atoms with Gasteiger partial charge < -0.3 is 9.84 Å². The van der Waals surface area contributed by atoms with Gasteiger partial charge in [0.1, 0.15) is 17.5 Å². The van der Waals surface area contributed by atoms with Crippen molar-refractivity contribution >= 4 is 10.8 Å². The van der Waals surface area contributed by atoms with Crippen LogP contribution in [0.1, 0.15) is 19.5 Å². The number of hydrogen-bond donors (Lipinski definition) is 1. The number of fused-ring (bicyclic) bond motifs is 1. The molecule has 0 radical (unpaired) electrons. The van der Waals surface area contributed by atoms with Crippen LogP contribution in [0.5, 0.6) is 5.75 Å². The van der Waals surface area contributed by atoms with Gasteiger partial charge in [0.2, 0.25) is 0 Å². The quantitative estimate of drug-likeness (QED) is 0.785. The Hall–Kier alpha value is -3.10. The highest BCUT2D eigenvalue weighted by atomic mass is 16.5. The molecule has 0 bridgehead atoms. The number of nitrogens with zero attached hydrogens (tertiary/aromatic N) is 2. The van der Waals surface area contributed by atoms with E-state index >= 15 is 0 Å². The summed E-state index contributed by atoms with van der Waals surface area (Å²) in [7, 11) is 1.56. The van der Waals surface area contributed by atoms with Crippen molar-refractivity contribution in [2.24, 2.45) is 0 Å². The molecule has 0 fully saturated rings. The Bertz CT molecular complexity index is 1060. The molecule has 0 spiro atoms. The SMILES string of the molecule is COc1ccc2c(=O)n(CC(C)(C)O)c(C#N)c(-c3ccccc3)c2c1. The minimum absolute atomic E-state index is 0.0243. The van der Waals surface area contributed by atoms with E-state index in [1.165, 1.54) is 4.57 Å². The van der Waals surface area contributed by atoms with E-state index in [0.29, 0.717) is 22.1 Å². The lowest BCUT2D eigenvalue weighted by molar-refractivity contribution is 0.0604. The van der Waals surface area contributed by atoms with E-state index < -0.39 is 5.60 Å². The van der Waals surface area contributed by atoms with Crippen molar-refractivity contribution in [3.8, 4) is 22.9 Å². The molecule has 3 rings (SSSR count). The molecule has 2 aromatic carbocycles. The summed E-state index contributed by atoms with van der Waals surface area (Å²) < 4.78 is 6.66. The summed E-state index contributed by atoms with van der Waals surface area (Å²) >= 11 is 0. The molecule has 26 heavy (non-hydrogen) atoms. The highest BCUT2D eigenvalue weighted by molar-refractivity contribution is 5.99. The highest BCUT2D eigenvalue weighted by Gasteiger charge is 2.23. The third-order valence-electron chi connectivity index (χ3n) is 4.19. The number of hydrogen-bond acceptors (Lipinski definition) is 4. The molecule has 0 amide bonds. The Morgan fingerprint density at radius 2 is 1.85 bits per heavy atom. The summed E-state index contributed by atoms with van der Waals surface area (Å²) in [6.45, 7) is 3.25. The standard InChI is InChI=1S/C21H20N2O3/c1-21(2,25)13-23-18(12-22)19(14-7-5-4-6-8-14)17-11-15(26-3)9-10-16(17)20(23)24/h4-11,25H,13H2,1-3H3. The van der Waals surface area contributed by atoms with E-state index in [2.05, 4.69) is 6.07 Å². The molecular weight excluding hydrogens is 328 g/mol. The lowest BCUT2D eigenvalue weighted by atomic mass is 9.96. The normalized spacial score (nSPS) is 11.3. The van der Waals surface area contributed by atoms with E-state index in [4.69, 9.17) is 4.74 Å². The van der Waals surface area contributed by atoms with Crippen molar-refractivity contribution in [2.75, 3.05) is 7.11 Å². The van der Waals surface area contributed by atoms with Gasteiger partial charge in [0, 0.05) is 16.3 Å². The lowest BCUT2D eigenvalue weighted by Crippen LogP contribution is -2.34. The third-order valence-corrected chi connectivity index (χ3v) is 4.19. The van der Waals surface area contributed by atoms with Crippen molar-refractivity contribution in [3.05, 3.63) is 64.6 Å². The van der Waals surface area contributed by atoms with E-state index in [0.717, 1.165) is 5.56 Å². The molecule has 5 nitrogen and oxygen atoms in total. The van der Waals surface area contributed by atoms with Gasteiger partial charge in [-0.25, -0.2) is 0 Å². The predicted molar refractivity (Wildman–Crippen MR) is 101 cm³/mol. The maximum Gasteiger partial charge on any atom is 0.259 e. The van der Waals surface area contributed by atoms with Crippen LogP contribution in [0.2, 0.25) is 0 Å². The molecular formula is C21H20N2O3. The van der Waals surface area contributed by atoms with Crippen molar-refractivity contribution < 1.29 is 9.84 Å². The summed E-state index contributed by atoms with van der Waals surface area (Å²) in [6, 6.07) is 16.8. The second-order valence-corrected chi connectivity index (χ2v) is 6.82. The van der Waals surface area contributed by atoms with Gasteiger partial charge >= 0.3 is 0 Å². The molecule has 0 saturated heterocycles. The number of methoxy groups -OCH3 is 1. The molecule has 1 heterocycles. The van der Waals surface area contributed by atoms with Crippen LogP contribution in [0.15, 0.2) is 53.3 Å². The Balaban J connectivity index is 2.50. The van der Waals surface area contributed by atoms with Crippen LogP contribution in [-0.2, 0) is 6.54 Å². The number of aliphatic hydroxyl groups is 1. The fourth-order valence-corrected chi connectivity index (χ4v) is 3.10. The molecule has 5 heteroatoms. The zero-order valence-electron chi connectivity index (χ0n) is 15.0. The van der Waals surface area contributed by atoms with Crippen LogP contribution in [0.3, 0.4) is 0 Å². The van der Waals surface area contributed by atoms with Crippen molar-refractivity contribution in [3.63, 3.8) is 0 Å². The molecule has 1 aromatic heterocycles. The fraction of sp³-hybridized carbons (Fsp3) is 0.238. The average molecular weight is 348 g/mol. The molecule has 1 N–H and O–H groups in total. The molecule has 0 atom stereocenters. The minimum Gasteiger partial charge on any atom is -0.497 e. The second-order valence-electron chi connectivity index (χ2n) is 6.82. The van der Waals surface area contributed by atoms with Crippen LogP contribution in [0.25, 0.3) is 21.9 Å². The summed E-state index contributed by atoms with van der Waals surface area (Å²) in [6.07, 6.45) is 0. The van der Waals surface area contributed by atoms with Crippen molar-refractivity contribution in [2.45, 2.75) is 26.0 Å². The van der Waals surface area contributed by atoms with Gasteiger partial charge in [-0.05, 0) is 37.6 Å². The first-order valence-corrected chi connectivity index (χ1v) is 8.28. The second kappa shape index (κ2) is 6.66. The topological polar surface area (TPSA) is 75.2 Å². The van der Waals surface area contributed by atoms with Gasteiger partial charge in [0.25, 0.3) is 5.56 Å². The van der Waals surface area contributed by atoms with Gasteiger partial charge in [0.15, 0.2) is 0 Å². The number of ether oxygens (including phenoxy) is 1. The van der Waals surface area contributed by atoms with Gasteiger partial charge in [-0.1, -0.05) is 30.3 Å². The lowest BCUT2D eigenvalue weighted by Gasteiger charge is -2.22. The fourth-order valence-electron chi connectivity index (χ4n) is 3.10. The first-order chi connectivity index (χ1) is 12.4. The molecule has 0 aliphatic rings. The van der Waals surface area contributed by atoms with Crippen molar-refractivity contribution in [1.82, 2.24) is 4.57 Å². The summed E-state index contributed by atoms with van der Waals surface area (Å²) in [5.74, 6) is 0.609. The first kappa shape index (κ1) is 17.7. The Morgan fingerprint density at radius 1 is 1.15 bits per heavy atom. The monoisotopic (exact) mass is 348 g/mol. The number of rotatable bonds is 4. The summed E-state index contributed by atoms with van der Waals surface area (Å²) in [4.78, 5) is 13.0. The molecule has 0 aliphatic heterocycles. The van der Waals surface area contributed by atoms with Crippen molar-refractivity contribution in [1.29, 1.82) is 5.26 Å². The van der Waals surface area contributed by atoms with Gasteiger partial charge in [-0.2, -0.15) is 5.26 Å².